The summed E-state index contributed by atoms with van der Waals surface area (Å²) < 4.78 is 29.3. The minimum absolute atomic E-state index is 0.0000998. The number of halogens is 4. The maximum Gasteiger partial charge on any atom is 0.295 e. The van der Waals surface area contributed by atoms with Gasteiger partial charge in [0, 0.05) is 12.3 Å². The highest BCUT2D eigenvalue weighted by atomic mass is 127. The zero-order valence-electron chi connectivity index (χ0n) is 15.0. The number of imidazole rings is 1. The van der Waals surface area contributed by atoms with E-state index >= 15 is 0 Å². The van der Waals surface area contributed by atoms with Crippen molar-refractivity contribution in [3.63, 3.8) is 0 Å². The molecular weight excluding hydrogens is 554 g/mol. The van der Waals surface area contributed by atoms with Crippen molar-refractivity contribution in [1.82, 2.24) is 14.3 Å². The van der Waals surface area contributed by atoms with E-state index in [0.717, 1.165) is 34.8 Å². The lowest BCUT2D eigenvalue weighted by Gasteiger charge is -2.19. The van der Waals surface area contributed by atoms with Crippen LogP contribution in [0, 0.1) is 0 Å². The monoisotopic (exact) mass is 569 g/mol. The first-order chi connectivity index (χ1) is 13.9. The maximum absolute atomic E-state index is 13.4. The van der Waals surface area contributed by atoms with Gasteiger partial charge in [-0.25, -0.2) is 18.7 Å². The molecule has 1 saturated carbocycles. The van der Waals surface area contributed by atoms with Crippen molar-refractivity contribution in [3.8, 4) is 0 Å². The van der Waals surface area contributed by atoms with Gasteiger partial charge in [0.15, 0.2) is 11.5 Å². The van der Waals surface area contributed by atoms with Crippen molar-refractivity contribution in [2.45, 2.75) is 25.2 Å². The van der Waals surface area contributed by atoms with E-state index in [1.807, 2.05) is 40.2 Å². The SMILES string of the molecule is CSN(O)c1cc(C2CC2)ccc1Nc1cc(Cl)nc2c1nc(C(F)F)n2PI. The number of nitrogens with zero attached hydrogens (tertiary/aromatic N) is 4. The summed E-state index contributed by atoms with van der Waals surface area (Å²) in [4.78, 5) is 8.32. The zero-order chi connectivity index (χ0) is 20.7. The molecule has 3 aromatic rings. The zero-order valence-corrected chi connectivity index (χ0v) is 19.8. The van der Waals surface area contributed by atoms with E-state index in [-0.39, 0.29) is 17.4 Å². The topological polar surface area (TPSA) is 66.2 Å². The Labute approximate surface area is 189 Å². The van der Waals surface area contributed by atoms with E-state index in [0.29, 0.717) is 34.1 Å². The fraction of sp³-hybridized carbons (Fsp3) is 0.294. The van der Waals surface area contributed by atoms with E-state index in [2.05, 4.69) is 15.3 Å². The maximum atomic E-state index is 13.4. The summed E-state index contributed by atoms with van der Waals surface area (Å²) in [5.74, 6) is 0.178. The molecule has 4 rings (SSSR count). The van der Waals surface area contributed by atoms with Crippen molar-refractivity contribution in [2.75, 3.05) is 16.0 Å². The lowest BCUT2D eigenvalue weighted by molar-refractivity contribution is 0.140. The molecule has 12 heteroatoms. The van der Waals surface area contributed by atoms with Crippen molar-refractivity contribution >= 4 is 80.2 Å². The molecule has 0 spiro atoms. The Morgan fingerprint density at radius 3 is 2.72 bits per heavy atom. The highest BCUT2D eigenvalue weighted by Gasteiger charge is 2.26. The molecule has 0 radical (unpaired) electrons. The summed E-state index contributed by atoms with van der Waals surface area (Å²) in [7, 11) is 0. The molecule has 1 fully saturated rings. The summed E-state index contributed by atoms with van der Waals surface area (Å²) in [5.41, 5.74) is 3.40. The number of alkyl halides is 2. The quantitative estimate of drug-likeness (QED) is 0.106. The molecule has 2 N–H and O–H groups in total. The van der Waals surface area contributed by atoms with Gasteiger partial charge in [0.1, 0.15) is 16.4 Å². The second-order valence-electron chi connectivity index (χ2n) is 6.49. The number of hydrogen-bond acceptors (Lipinski definition) is 6. The molecule has 0 amide bonds. The van der Waals surface area contributed by atoms with Crippen molar-refractivity contribution in [2.24, 2.45) is 0 Å². The van der Waals surface area contributed by atoms with Gasteiger partial charge in [-0.15, -0.1) is 0 Å². The number of nitrogens with one attached hydrogen (secondary N) is 1. The van der Waals surface area contributed by atoms with Crippen LogP contribution in [0.5, 0.6) is 0 Å². The van der Waals surface area contributed by atoms with Crippen LogP contribution in [-0.2, 0) is 0 Å². The Morgan fingerprint density at radius 1 is 1.34 bits per heavy atom. The number of benzene rings is 1. The van der Waals surface area contributed by atoms with Crippen LogP contribution in [0.4, 0.5) is 25.8 Å². The largest absolute Gasteiger partial charge is 0.352 e. The lowest BCUT2D eigenvalue weighted by atomic mass is 10.1. The third-order valence-electron chi connectivity index (χ3n) is 4.61. The van der Waals surface area contributed by atoms with Crippen LogP contribution in [0.3, 0.4) is 0 Å². The van der Waals surface area contributed by atoms with Crippen LogP contribution >= 0.6 is 52.0 Å². The first-order valence-corrected chi connectivity index (χ1v) is 14.2. The molecule has 1 unspecified atom stereocenters. The average Bonchev–Trinajstić information content (AvgIpc) is 3.48. The van der Waals surface area contributed by atoms with E-state index in [1.165, 1.54) is 4.34 Å². The Morgan fingerprint density at radius 2 is 2.10 bits per heavy atom. The number of pyridine rings is 1. The average molecular weight is 570 g/mol. The third kappa shape index (κ3) is 4.27. The van der Waals surface area contributed by atoms with Gasteiger partial charge in [-0.05, 0) is 70.4 Å². The minimum Gasteiger partial charge on any atom is -0.352 e. The highest BCUT2D eigenvalue weighted by Crippen LogP contribution is 2.44. The minimum atomic E-state index is -2.73. The van der Waals surface area contributed by atoms with Crippen molar-refractivity contribution < 1.29 is 14.0 Å². The molecule has 1 aliphatic carbocycles. The molecule has 0 saturated heterocycles. The first-order valence-electron chi connectivity index (χ1n) is 8.60. The van der Waals surface area contributed by atoms with Gasteiger partial charge >= 0.3 is 0 Å². The highest BCUT2D eigenvalue weighted by molar-refractivity contribution is 14.2. The molecule has 1 atom stereocenters. The smallest absolute Gasteiger partial charge is 0.295 e. The molecule has 6 nitrogen and oxygen atoms in total. The summed E-state index contributed by atoms with van der Waals surface area (Å²) in [6.45, 7) is 0. The van der Waals surface area contributed by atoms with Gasteiger partial charge in [-0.1, -0.05) is 17.7 Å². The second-order valence-corrected chi connectivity index (χ2v) is 9.65. The van der Waals surface area contributed by atoms with E-state index in [4.69, 9.17) is 11.6 Å². The molecule has 2 aromatic heterocycles. The van der Waals surface area contributed by atoms with Crippen LogP contribution < -0.4 is 9.79 Å². The third-order valence-corrected chi connectivity index (χ3v) is 7.40. The summed E-state index contributed by atoms with van der Waals surface area (Å²) >= 11 is 9.34. The van der Waals surface area contributed by atoms with E-state index < -0.39 is 6.43 Å². The Bertz CT molecular complexity index is 1070. The van der Waals surface area contributed by atoms with Crippen LogP contribution in [-0.4, -0.2) is 25.8 Å². The predicted octanol–water partition coefficient (Wildman–Crippen LogP) is 6.91. The van der Waals surface area contributed by atoms with Crippen molar-refractivity contribution in [1.29, 1.82) is 0 Å². The number of anilines is 3. The Hall–Kier alpha value is -0.940. The van der Waals surface area contributed by atoms with Gasteiger partial charge in [-0.3, -0.25) is 9.54 Å². The van der Waals surface area contributed by atoms with Crippen LogP contribution in [0.15, 0.2) is 24.3 Å². The number of rotatable bonds is 7. The molecule has 1 aromatic carbocycles. The molecule has 0 bridgehead atoms. The predicted molar refractivity (Wildman–Crippen MR) is 125 cm³/mol. The van der Waals surface area contributed by atoms with Crippen molar-refractivity contribution in [3.05, 3.63) is 40.8 Å². The molecule has 1 aliphatic rings. The standard InChI is InChI=1S/C17H16ClF2IN5OPS/c1-29-26(27)12-6-9(8-2-3-8)4-5-10(12)22-11-7-13(18)23-16-14(11)24-17(15(19)20)25(16)28-21/h4-8,15,27-28H,2-3H2,1H3,(H,22,23). The number of fused-ring (bicyclic) bond motifs is 1. The molecular formula is C17H16ClF2IN5OPS. The van der Waals surface area contributed by atoms with Gasteiger partial charge in [0.25, 0.3) is 6.43 Å². The number of aromatic nitrogens is 3. The Kier molecular flexibility index (Phi) is 6.36. The fourth-order valence-electron chi connectivity index (χ4n) is 3.09. The Balaban J connectivity index is 1.82. The normalized spacial score (nSPS) is 14.4. The summed E-state index contributed by atoms with van der Waals surface area (Å²) in [5, 5.41) is 13.7. The molecule has 154 valence electrons. The first kappa shape index (κ1) is 21.3. The van der Waals surface area contributed by atoms with Gasteiger partial charge in [0.2, 0.25) is 0 Å². The van der Waals surface area contributed by atoms with Crippen LogP contribution in [0.25, 0.3) is 11.2 Å². The van der Waals surface area contributed by atoms with Gasteiger partial charge in [0.05, 0.1) is 17.7 Å². The van der Waals surface area contributed by atoms with Crippen LogP contribution in [0.1, 0.15) is 36.6 Å². The summed E-state index contributed by atoms with van der Waals surface area (Å²) in [6.07, 6.45) is 1.31. The lowest BCUT2D eigenvalue weighted by Crippen LogP contribution is -2.09. The van der Waals surface area contributed by atoms with Gasteiger partial charge < -0.3 is 5.32 Å². The summed E-state index contributed by atoms with van der Waals surface area (Å²) in [6, 6.07) is 7.36. The number of hydrogen-bond donors (Lipinski definition) is 2. The van der Waals surface area contributed by atoms with E-state index in [9.17, 15) is 14.0 Å². The molecule has 2 heterocycles. The van der Waals surface area contributed by atoms with Gasteiger partial charge in [-0.2, -0.15) is 4.47 Å². The molecule has 29 heavy (non-hydrogen) atoms. The van der Waals surface area contributed by atoms with E-state index in [1.54, 1.807) is 12.3 Å². The molecule has 0 aliphatic heterocycles. The second kappa shape index (κ2) is 8.66. The fourth-order valence-corrected chi connectivity index (χ4v) is 5.52. The van der Waals surface area contributed by atoms with Crippen LogP contribution in [0.2, 0.25) is 5.15 Å².